The number of benzene rings is 1. The molecule has 1 aromatic heterocycles. The van der Waals surface area contributed by atoms with Crippen LogP contribution in [0.2, 0.25) is 5.02 Å². The number of nitrogens with zero attached hydrogens (tertiary/aromatic N) is 1. The second-order valence-corrected chi connectivity index (χ2v) is 4.51. The summed E-state index contributed by atoms with van der Waals surface area (Å²) in [4.78, 5) is 0. The lowest BCUT2D eigenvalue weighted by Gasteiger charge is -2.10. The maximum atomic E-state index is 5.95. The number of halogens is 1. The number of nitrogens with two attached hydrogens (primary N) is 1. The summed E-state index contributed by atoms with van der Waals surface area (Å²) in [5.74, 6) is 0. The Kier molecular flexibility index (Phi) is 2.72. The Labute approximate surface area is 94.6 Å². The van der Waals surface area contributed by atoms with Crippen molar-refractivity contribution in [3.05, 3.63) is 35.0 Å². The van der Waals surface area contributed by atoms with Crippen molar-refractivity contribution >= 4 is 22.5 Å². The highest BCUT2D eigenvalue weighted by atomic mass is 35.5. The molecule has 0 unspecified atom stereocenters. The number of aryl methyl sites for hydroxylation is 1. The molecule has 0 fully saturated rings. The van der Waals surface area contributed by atoms with E-state index >= 15 is 0 Å². The molecule has 0 saturated heterocycles. The molecule has 80 valence electrons. The SMILES string of the molecule is Cc1cc2cc(Cl)ccc2n1C[C@@H](C)N. The van der Waals surface area contributed by atoms with Crippen molar-refractivity contribution in [2.45, 2.75) is 26.4 Å². The monoisotopic (exact) mass is 222 g/mol. The van der Waals surface area contributed by atoms with Gasteiger partial charge in [-0.05, 0) is 38.1 Å². The smallest absolute Gasteiger partial charge is 0.0483 e. The number of aromatic nitrogens is 1. The summed E-state index contributed by atoms with van der Waals surface area (Å²) in [5, 5.41) is 1.96. The lowest BCUT2D eigenvalue weighted by molar-refractivity contribution is 0.595. The third-order valence-corrected chi connectivity index (χ3v) is 2.78. The number of rotatable bonds is 2. The maximum absolute atomic E-state index is 5.95. The van der Waals surface area contributed by atoms with Crippen LogP contribution >= 0.6 is 11.6 Å². The van der Waals surface area contributed by atoms with E-state index in [1.807, 2.05) is 25.1 Å². The quantitative estimate of drug-likeness (QED) is 0.832. The molecule has 0 saturated carbocycles. The van der Waals surface area contributed by atoms with Gasteiger partial charge in [0.25, 0.3) is 0 Å². The standard InChI is InChI=1S/C12H15ClN2/c1-8(14)7-15-9(2)5-10-6-11(13)3-4-12(10)15/h3-6,8H,7,14H2,1-2H3/t8-/m1/s1. The Morgan fingerprint density at radius 3 is 2.80 bits per heavy atom. The average Bonchev–Trinajstić information content (AvgIpc) is 2.41. The van der Waals surface area contributed by atoms with Crippen molar-refractivity contribution in [3.8, 4) is 0 Å². The molecule has 1 heterocycles. The van der Waals surface area contributed by atoms with E-state index < -0.39 is 0 Å². The van der Waals surface area contributed by atoms with E-state index in [0.29, 0.717) is 0 Å². The van der Waals surface area contributed by atoms with Gasteiger partial charge in [0.15, 0.2) is 0 Å². The highest BCUT2D eigenvalue weighted by Gasteiger charge is 2.07. The zero-order valence-electron chi connectivity index (χ0n) is 9.00. The second kappa shape index (κ2) is 3.87. The van der Waals surface area contributed by atoms with Crippen molar-refractivity contribution in [1.82, 2.24) is 4.57 Å². The Bertz CT molecular complexity index is 486. The predicted molar refractivity (Wildman–Crippen MR) is 65.3 cm³/mol. The van der Waals surface area contributed by atoms with E-state index in [2.05, 4.69) is 17.6 Å². The minimum Gasteiger partial charge on any atom is -0.343 e. The minimum atomic E-state index is 0.162. The normalized spacial score (nSPS) is 13.3. The molecule has 2 N–H and O–H groups in total. The largest absolute Gasteiger partial charge is 0.343 e. The van der Waals surface area contributed by atoms with Crippen LogP contribution < -0.4 is 5.73 Å². The number of hydrogen-bond donors (Lipinski definition) is 1. The zero-order chi connectivity index (χ0) is 11.0. The van der Waals surface area contributed by atoms with Gasteiger partial charge in [-0.25, -0.2) is 0 Å². The number of fused-ring (bicyclic) bond motifs is 1. The first kappa shape index (κ1) is 10.5. The van der Waals surface area contributed by atoms with Crippen LogP contribution in [0.3, 0.4) is 0 Å². The Morgan fingerprint density at radius 2 is 2.13 bits per heavy atom. The van der Waals surface area contributed by atoms with Gasteiger partial charge < -0.3 is 10.3 Å². The highest BCUT2D eigenvalue weighted by Crippen LogP contribution is 2.23. The third kappa shape index (κ3) is 2.01. The third-order valence-electron chi connectivity index (χ3n) is 2.54. The van der Waals surface area contributed by atoms with Gasteiger partial charge >= 0.3 is 0 Å². The van der Waals surface area contributed by atoms with Crippen LogP contribution in [0.4, 0.5) is 0 Å². The lowest BCUT2D eigenvalue weighted by Crippen LogP contribution is -2.22. The van der Waals surface area contributed by atoms with Gasteiger partial charge in [-0.2, -0.15) is 0 Å². The van der Waals surface area contributed by atoms with Gasteiger partial charge in [0.1, 0.15) is 0 Å². The molecule has 3 heteroatoms. The summed E-state index contributed by atoms with van der Waals surface area (Å²) in [5.41, 5.74) is 8.26. The molecule has 0 amide bonds. The first-order valence-electron chi connectivity index (χ1n) is 5.09. The molecule has 2 rings (SSSR count). The van der Waals surface area contributed by atoms with Crippen molar-refractivity contribution in [1.29, 1.82) is 0 Å². The molecule has 0 bridgehead atoms. The molecule has 2 aromatic rings. The van der Waals surface area contributed by atoms with Gasteiger partial charge in [-0.15, -0.1) is 0 Å². The van der Waals surface area contributed by atoms with E-state index in [-0.39, 0.29) is 6.04 Å². The Hall–Kier alpha value is -0.990. The van der Waals surface area contributed by atoms with Crippen molar-refractivity contribution in [2.75, 3.05) is 0 Å². The van der Waals surface area contributed by atoms with Crippen LogP contribution in [0.1, 0.15) is 12.6 Å². The summed E-state index contributed by atoms with van der Waals surface area (Å²) in [6.45, 7) is 4.95. The summed E-state index contributed by atoms with van der Waals surface area (Å²) < 4.78 is 2.23. The van der Waals surface area contributed by atoms with Crippen molar-refractivity contribution in [3.63, 3.8) is 0 Å². The molecular formula is C12H15ClN2. The first-order valence-corrected chi connectivity index (χ1v) is 5.46. The molecule has 0 aliphatic rings. The van der Waals surface area contributed by atoms with Gasteiger partial charge in [0.05, 0.1) is 0 Å². The van der Waals surface area contributed by atoms with Crippen LogP contribution in [0.25, 0.3) is 10.9 Å². The van der Waals surface area contributed by atoms with E-state index in [1.54, 1.807) is 0 Å². The van der Waals surface area contributed by atoms with Crippen LogP contribution in [-0.4, -0.2) is 10.6 Å². The topological polar surface area (TPSA) is 30.9 Å². The highest BCUT2D eigenvalue weighted by molar-refractivity contribution is 6.31. The molecule has 0 aliphatic carbocycles. The summed E-state index contributed by atoms with van der Waals surface area (Å²) >= 11 is 5.95. The summed E-state index contributed by atoms with van der Waals surface area (Å²) in [6.07, 6.45) is 0. The molecule has 0 aliphatic heterocycles. The molecule has 1 aromatic carbocycles. The zero-order valence-corrected chi connectivity index (χ0v) is 9.75. The van der Waals surface area contributed by atoms with Gasteiger partial charge in [0, 0.05) is 34.2 Å². The van der Waals surface area contributed by atoms with Crippen molar-refractivity contribution < 1.29 is 0 Å². The van der Waals surface area contributed by atoms with E-state index in [9.17, 15) is 0 Å². The van der Waals surface area contributed by atoms with Crippen LogP contribution in [0, 0.1) is 6.92 Å². The minimum absolute atomic E-state index is 0.162. The van der Waals surface area contributed by atoms with E-state index in [1.165, 1.54) is 16.6 Å². The fourth-order valence-corrected chi connectivity index (χ4v) is 2.09. The second-order valence-electron chi connectivity index (χ2n) is 4.08. The first-order chi connectivity index (χ1) is 7.08. The van der Waals surface area contributed by atoms with Crippen LogP contribution in [0.15, 0.2) is 24.3 Å². The van der Waals surface area contributed by atoms with E-state index in [0.717, 1.165) is 11.6 Å². The van der Waals surface area contributed by atoms with Crippen LogP contribution in [-0.2, 0) is 6.54 Å². The lowest BCUT2D eigenvalue weighted by atomic mass is 10.2. The average molecular weight is 223 g/mol. The molecule has 15 heavy (non-hydrogen) atoms. The molecule has 0 spiro atoms. The molecule has 0 radical (unpaired) electrons. The van der Waals surface area contributed by atoms with E-state index in [4.69, 9.17) is 17.3 Å². The van der Waals surface area contributed by atoms with Crippen LogP contribution in [0.5, 0.6) is 0 Å². The molecule has 2 nitrogen and oxygen atoms in total. The fourth-order valence-electron chi connectivity index (χ4n) is 1.91. The van der Waals surface area contributed by atoms with Crippen molar-refractivity contribution in [2.24, 2.45) is 5.73 Å². The summed E-state index contributed by atoms with van der Waals surface area (Å²) in [6, 6.07) is 8.26. The number of hydrogen-bond acceptors (Lipinski definition) is 1. The summed E-state index contributed by atoms with van der Waals surface area (Å²) in [7, 11) is 0. The van der Waals surface area contributed by atoms with Gasteiger partial charge in [0.2, 0.25) is 0 Å². The predicted octanol–water partition coefficient (Wildman–Crippen LogP) is 2.95. The van der Waals surface area contributed by atoms with Gasteiger partial charge in [-0.3, -0.25) is 0 Å². The Morgan fingerprint density at radius 1 is 1.40 bits per heavy atom. The maximum Gasteiger partial charge on any atom is 0.0483 e. The Balaban J connectivity index is 2.58. The van der Waals surface area contributed by atoms with Gasteiger partial charge in [-0.1, -0.05) is 11.6 Å². The molecule has 1 atom stereocenters. The molecular weight excluding hydrogens is 208 g/mol. The fraction of sp³-hybridized carbons (Fsp3) is 0.333.